The number of sulfonamides is 1. The van der Waals surface area contributed by atoms with E-state index in [1.807, 2.05) is 6.92 Å². The monoisotopic (exact) mass is 392 g/mol. The van der Waals surface area contributed by atoms with Gasteiger partial charge in [-0.15, -0.1) is 0 Å². The van der Waals surface area contributed by atoms with Crippen molar-refractivity contribution in [1.82, 2.24) is 0 Å². The minimum atomic E-state index is -3.86. The second kappa shape index (κ2) is 8.54. The molecule has 2 rings (SSSR count). The van der Waals surface area contributed by atoms with Crippen LogP contribution in [-0.2, 0) is 19.6 Å². The molecule has 0 aromatic heterocycles. The van der Waals surface area contributed by atoms with Gasteiger partial charge in [-0.25, -0.2) is 13.2 Å². The summed E-state index contributed by atoms with van der Waals surface area (Å²) in [6.45, 7) is 3.65. The molecule has 9 heteroatoms. The maximum absolute atomic E-state index is 12.5. The van der Waals surface area contributed by atoms with Crippen molar-refractivity contribution in [3.05, 3.63) is 54.1 Å². The first-order chi connectivity index (χ1) is 12.7. The minimum absolute atomic E-state index is 0.0429. The van der Waals surface area contributed by atoms with E-state index in [1.54, 1.807) is 12.1 Å². The predicted molar refractivity (Wildman–Crippen MR) is 98.9 cm³/mol. The molecule has 0 bridgehead atoms. The molecule has 2 aromatic carbocycles. The van der Waals surface area contributed by atoms with Gasteiger partial charge in [-0.2, -0.15) is 0 Å². The van der Waals surface area contributed by atoms with Crippen molar-refractivity contribution in [2.75, 3.05) is 11.3 Å². The predicted octanol–water partition coefficient (Wildman–Crippen LogP) is 1.92. The summed E-state index contributed by atoms with van der Waals surface area (Å²) in [5.74, 6) is -1.01. The summed E-state index contributed by atoms with van der Waals surface area (Å²) in [4.78, 5) is 23.1. The molecule has 1 unspecified atom stereocenters. The normalized spacial score (nSPS) is 12.1. The van der Waals surface area contributed by atoms with Crippen LogP contribution < -0.4 is 15.2 Å². The number of benzene rings is 2. The number of hydrogen-bond donors (Lipinski definition) is 2. The highest BCUT2D eigenvalue weighted by molar-refractivity contribution is 7.92. The Morgan fingerprint density at radius 1 is 1.15 bits per heavy atom. The summed E-state index contributed by atoms with van der Waals surface area (Å²) in [7, 11) is -3.86. The Bertz CT molecular complexity index is 925. The zero-order valence-corrected chi connectivity index (χ0v) is 15.7. The van der Waals surface area contributed by atoms with Crippen molar-refractivity contribution in [1.29, 1.82) is 0 Å². The van der Waals surface area contributed by atoms with Crippen LogP contribution >= 0.6 is 0 Å². The second-order valence-electron chi connectivity index (χ2n) is 5.54. The van der Waals surface area contributed by atoms with Crippen molar-refractivity contribution >= 4 is 27.6 Å². The van der Waals surface area contributed by atoms with Crippen molar-refractivity contribution in [2.45, 2.75) is 24.8 Å². The lowest BCUT2D eigenvalue weighted by molar-refractivity contribution is -0.125. The molecular weight excluding hydrogens is 372 g/mol. The summed E-state index contributed by atoms with van der Waals surface area (Å²) >= 11 is 0. The van der Waals surface area contributed by atoms with Crippen LogP contribution in [0.25, 0.3) is 0 Å². The number of rotatable bonds is 8. The third-order valence-corrected chi connectivity index (χ3v) is 4.88. The van der Waals surface area contributed by atoms with Crippen molar-refractivity contribution in [3.8, 4) is 5.75 Å². The second-order valence-corrected chi connectivity index (χ2v) is 7.22. The molecule has 0 heterocycles. The zero-order chi connectivity index (χ0) is 20.0. The first-order valence-corrected chi connectivity index (χ1v) is 9.57. The summed E-state index contributed by atoms with van der Waals surface area (Å²) in [5.41, 5.74) is 5.30. The average Bonchev–Trinajstić information content (AvgIpc) is 2.62. The van der Waals surface area contributed by atoms with E-state index < -0.39 is 28.0 Å². The maximum Gasteiger partial charge on any atom is 0.338 e. The number of nitrogens with two attached hydrogens (primary N) is 1. The fourth-order valence-corrected chi connectivity index (χ4v) is 3.14. The van der Waals surface area contributed by atoms with Crippen molar-refractivity contribution in [2.24, 2.45) is 5.73 Å². The average molecular weight is 392 g/mol. The Morgan fingerprint density at radius 3 is 2.41 bits per heavy atom. The number of esters is 1. The van der Waals surface area contributed by atoms with Gasteiger partial charge in [0.2, 0.25) is 0 Å². The van der Waals surface area contributed by atoms with Gasteiger partial charge < -0.3 is 15.2 Å². The number of nitrogens with one attached hydrogen (secondary N) is 1. The van der Waals surface area contributed by atoms with Crippen LogP contribution in [0.15, 0.2) is 53.4 Å². The largest absolute Gasteiger partial charge is 0.494 e. The number of anilines is 1. The lowest BCUT2D eigenvalue weighted by Crippen LogP contribution is -2.30. The van der Waals surface area contributed by atoms with Gasteiger partial charge in [0.05, 0.1) is 17.1 Å². The van der Waals surface area contributed by atoms with Gasteiger partial charge in [0, 0.05) is 5.69 Å². The lowest BCUT2D eigenvalue weighted by atomic mass is 10.2. The van der Waals surface area contributed by atoms with E-state index in [4.69, 9.17) is 15.2 Å². The van der Waals surface area contributed by atoms with E-state index >= 15 is 0 Å². The van der Waals surface area contributed by atoms with Crippen molar-refractivity contribution in [3.63, 3.8) is 0 Å². The van der Waals surface area contributed by atoms with E-state index in [-0.39, 0.29) is 16.1 Å². The summed E-state index contributed by atoms with van der Waals surface area (Å²) in [5, 5.41) is 0. The Balaban J connectivity index is 2.16. The molecule has 0 radical (unpaired) electrons. The zero-order valence-electron chi connectivity index (χ0n) is 14.8. The van der Waals surface area contributed by atoms with Crippen LogP contribution in [0.4, 0.5) is 5.69 Å². The van der Waals surface area contributed by atoms with Crippen LogP contribution in [0.1, 0.15) is 24.2 Å². The van der Waals surface area contributed by atoms with E-state index in [1.165, 1.54) is 43.3 Å². The minimum Gasteiger partial charge on any atom is -0.494 e. The highest BCUT2D eigenvalue weighted by Crippen LogP contribution is 2.20. The molecule has 8 nitrogen and oxygen atoms in total. The highest BCUT2D eigenvalue weighted by atomic mass is 32.2. The molecule has 3 N–H and O–H groups in total. The highest BCUT2D eigenvalue weighted by Gasteiger charge is 2.18. The first-order valence-electron chi connectivity index (χ1n) is 8.09. The molecule has 0 spiro atoms. The number of carbonyl (C=O) groups is 2. The van der Waals surface area contributed by atoms with Gasteiger partial charge in [-0.1, -0.05) is 6.07 Å². The Kier molecular flexibility index (Phi) is 6.40. The summed E-state index contributed by atoms with van der Waals surface area (Å²) in [6.07, 6.45) is -1.10. The molecule has 144 valence electrons. The molecule has 0 aliphatic carbocycles. The Morgan fingerprint density at radius 2 is 1.81 bits per heavy atom. The molecule has 27 heavy (non-hydrogen) atoms. The molecule has 0 fully saturated rings. The van der Waals surface area contributed by atoms with E-state index in [0.717, 1.165) is 0 Å². The van der Waals surface area contributed by atoms with E-state index in [2.05, 4.69) is 4.72 Å². The van der Waals surface area contributed by atoms with E-state index in [0.29, 0.717) is 12.4 Å². The molecule has 1 amide bonds. The maximum atomic E-state index is 12.5. The SMILES string of the molecule is CCOc1ccc(S(=O)(=O)Nc2cccc(C(=O)OC(C)C(N)=O)c2)cc1. The molecule has 0 saturated heterocycles. The summed E-state index contributed by atoms with van der Waals surface area (Å²) in [6, 6.07) is 11.7. The fraction of sp³-hybridized carbons (Fsp3) is 0.222. The number of carbonyl (C=O) groups excluding carboxylic acids is 2. The fourth-order valence-electron chi connectivity index (χ4n) is 2.09. The van der Waals surface area contributed by atoms with Crippen LogP contribution in [-0.4, -0.2) is 33.0 Å². The lowest BCUT2D eigenvalue weighted by Gasteiger charge is -2.12. The molecule has 0 aliphatic heterocycles. The van der Waals surface area contributed by atoms with Gasteiger partial charge in [0.15, 0.2) is 6.10 Å². The third kappa shape index (κ3) is 5.45. The number of primary amides is 1. The third-order valence-electron chi connectivity index (χ3n) is 3.48. The van der Waals surface area contributed by atoms with Gasteiger partial charge >= 0.3 is 5.97 Å². The molecule has 2 aromatic rings. The van der Waals surface area contributed by atoms with E-state index in [9.17, 15) is 18.0 Å². The smallest absolute Gasteiger partial charge is 0.338 e. The molecule has 1 atom stereocenters. The quantitative estimate of drug-likeness (QED) is 0.661. The van der Waals surface area contributed by atoms with Crippen LogP contribution in [0.2, 0.25) is 0 Å². The van der Waals surface area contributed by atoms with Crippen LogP contribution in [0.3, 0.4) is 0 Å². The standard InChI is InChI=1S/C18H20N2O6S/c1-3-25-15-7-9-16(10-8-15)27(23,24)20-14-6-4-5-13(11-14)18(22)26-12(2)17(19)21/h4-12,20H,3H2,1-2H3,(H2,19,21). The summed E-state index contributed by atoms with van der Waals surface area (Å²) < 4.78 is 37.6. The Hall–Kier alpha value is -3.07. The molecular formula is C18H20N2O6S. The number of amides is 1. The van der Waals surface area contributed by atoms with Crippen molar-refractivity contribution < 1.29 is 27.5 Å². The van der Waals surface area contributed by atoms with Gasteiger partial charge in [-0.05, 0) is 56.3 Å². The van der Waals surface area contributed by atoms with Crippen LogP contribution in [0.5, 0.6) is 5.75 Å². The molecule has 0 aliphatic rings. The topological polar surface area (TPSA) is 125 Å². The number of hydrogen-bond acceptors (Lipinski definition) is 6. The molecule has 0 saturated carbocycles. The Labute approximate surface area is 157 Å². The van der Waals surface area contributed by atoms with Crippen LogP contribution in [0, 0.1) is 0 Å². The van der Waals surface area contributed by atoms with Gasteiger partial charge in [-0.3, -0.25) is 9.52 Å². The number of ether oxygens (including phenoxy) is 2. The van der Waals surface area contributed by atoms with Gasteiger partial charge in [0.1, 0.15) is 5.75 Å². The first kappa shape index (κ1) is 20.2. The van der Waals surface area contributed by atoms with Gasteiger partial charge in [0.25, 0.3) is 15.9 Å².